The van der Waals surface area contributed by atoms with Gasteiger partial charge in [0.25, 0.3) is 5.91 Å². The van der Waals surface area contributed by atoms with Crippen molar-refractivity contribution in [3.63, 3.8) is 0 Å². The van der Waals surface area contributed by atoms with Crippen LogP contribution in [0.5, 0.6) is 0 Å². The number of benzene rings is 1. The van der Waals surface area contributed by atoms with Gasteiger partial charge in [0.05, 0.1) is 19.3 Å². The molecule has 0 N–H and O–H groups in total. The van der Waals surface area contributed by atoms with Gasteiger partial charge in [-0.25, -0.2) is 4.79 Å². The average Bonchev–Trinajstić information content (AvgIpc) is 3.28. The van der Waals surface area contributed by atoms with Crippen molar-refractivity contribution in [2.24, 2.45) is 0 Å². The minimum absolute atomic E-state index is 0.0734. The molecule has 2 fully saturated rings. The van der Waals surface area contributed by atoms with E-state index in [-0.39, 0.29) is 30.1 Å². The molecular formula is C25H33N3O4. The second-order valence-corrected chi connectivity index (χ2v) is 8.96. The van der Waals surface area contributed by atoms with Crippen molar-refractivity contribution in [2.75, 3.05) is 33.3 Å². The number of rotatable bonds is 5. The molecule has 2 saturated heterocycles. The van der Waals surface area contributed by atoms with Crippen LogP contribution < -0.4 is 0 Å². The third kappa shape index (κ3) is 5.05. The molecule has 1 aromatic carbocycles. The Balaban J connectivity index is 1.32. The molecule has 2 aliphatic rings. The van der Waals surface area contributed by atoms with Crippen molar-refractivity contribution in [3.05, 3.63) is 59.4 Å². The summed E-state index contributed by atoms with van der Waals surface area (Å²) in [5.41, 5.74) is 2.51. The van der Waals surface area contributed by atoms with Gasteiger partial charge in [0.15, 0.2) is 0 Å². The zero-order valence-corrected chi connectivity index (χ0v) is 19.2. The number of morpholine rings is 1. The van der Waals surface area contributed by atoms with E-state index >= 15 is 0 Å². The lowest BCUT2D eigenvalue weighted by Gasteiger charge is -2.35. The van der Waals surface area contributed by atoms with Crippen LogP contribution in [0.1, 0.15) is 59.1 Å². The van der Waals surface area contributed by atoms with Crippen LogP contribution >= 0.6 is 0 Å². The van der Waals surface area contributed by atoms with Gasteiger partial charge in [-0.1, -0.05) is 12.1 Å². The number of nitrogens with zero attached hydrogens (tertiary/aromatic N) is 3. The van der Waals surface area contributed by atoms with Gasteiger partial charge in [-0.2, -0.15) is 0 Å². The summed E-state index contributed by atoms with van der Waals surface area (Å²) in [5, 5.41) is 0. The Bertz CT molecular complexity index is 921. The van der Waals surface area contributed by atoms with Crippen molar-refractivity contribution in [2.45, 2.75) is 51.5 Å². The molecule has 1 aromatic heterocycles. The molecule has 32 heavy (non-hydrogen) atoms. The van der Waals surface area contributed by atoms with Gasteiger partial charge in [0.2, 0.25) is 0 Å². The molecule has 7 nitrogen and oxygen atoms in total. The minimum Gasteiger partial charge on any atom is -0.464 e. The number of piperidine rings is 1. The van der Waals surface area contributed by atoms with Crippen LogP contribution in [0.4, 0.5) is 0 Å². The highest BCUT2D eigenvalue weighted by Gasteiger charge is 2.27. The van der Waals surface area contributed by atoms with Gasteiger partial charge < -0.3 is 18.9 Å². The smallest absolute Gasteiger partial charge is 0.354 e. The van der Waals surface area contributed by atoms with Crippen molar-refractivity contribution < 1.29 is 19.1 Å². The molecule has 4 rings (SSSR count). The summed E-state index contributed by atoms with van der Waals surface area (Å²) in [4.78, 5) is 29.3. The monoisotopic (exact) mass is 439 g/mol. The lowest BCUT2D eigenvalue weighted by Crippen LogP contribution is -2.44. The maximum absolute atomic E-state index is 13.0. The Morgan fingerprint density at radius 3 is 2.31 bits per heavy atom. The molecular weight excluding hydrogens is 406 g/mol. The van der Waals surface area contributed by atoms with E-state index in [2.05, 4.69) is 30.9 Å². The third-order valence-electron chi connectivity index (χ3n) is 6.42. The molecule has 172 valence electrons. The van der Waals surface area contributed by atoms with Crippen molar-refractivity contribution >= 4 is 11.9 Å². The Labute approximate surface area is 189 Å². The number of ether oxygens (including phenoxy) is 2. The molecule has 7 heteroatoms. The predicted molar refractivity (Wildman–Crippen MR) is 122 cm³/mol. The summed E-state index contributed by atoms with van der Waals surface area (Å²) in [7, 11) is 1.40. The second-order valence-electron chi connectivity index (χ2n) is 8.96. The van der Waals surface area contributed by atoms with Crippen LogP contribution in [0.3, 0.4) is 0 Å². The van der Waals surface area contributed by atoms with Gasteiger partial charge in [-0.05, 0) is 56.5 Å². The molecule has 2 aliphatic heterocycles. The van der Waals surface area contributed by atoms with Gasteiger partial charge in [-0.3, -0.25) is 9.69 Å². The van der Waals surface area contributed by atoms with Crippen LogP contribution in [0.15, 0.2) is 42.6 Å². The van der Waals surface area contributed by atoms with Crippen LogP contribution in [0, 0.1) is 0 Å². The van der Waals surface area contributed by atoms with E-state index in [0.717, 1.165) is 38.0 Å². The van der Waals surface area contributed by atoms with E-state index in [1.54, 1.807) is 6.07 Å². The standard InChI is InChI=1S/C25H33N3O4/c1-18-15-26(16-19(2)32-18)17-20-6-8-21(9-7-20)24(29)27-13-10-22(11-14-27)28-12-4-5-23(28)25(30)31-3/h4-9,12,18-19,22H,10-11,13-17H2,1-3H3. The number of hydrogen-bond acceptors (Lipinski definition) is 5. The fraction of sp³-hybridized carbons (Fsp3) is 0.520. The number of aromatic nitrogens is 1. The number of likely N-dealkylation sites (tertiary alicyclic amines) is 1. The van der Waals surface area contributed by atoms with Crippen LogP contribution in [0.2, 0.25) is 0 Å². The summed E-state index contributed by atoms with van der Waals surface area (Å²) < 4.78 is 12.7. The molecule has 2 atom stereocenters. The Morgan fingerprint density at radius 1 is 1.03 bits per heavy atom. The molecule has 0 bridgehead atoms. The quantitative estimate of drug-likeness (QED) is 0.669. The maximum atomic E-state index is 13.0. The summed E-state index contributed by atoms with van der Waals surface area (Å²) >= 11 is 0. The van der Waals surface area contributed by atoms with Crippen molar-refractivity contribution in [3.8, 4) is 0 Å². The van der Waals surface area contributed by atoms with Crippen LogP contribution in [0.25, 0.3) is 0 Å². The number of methoxy groups -OCH3 is 1. The average molecular weight is 440 g/mol. The highest BCUT2D eigenvalue weighted by molar-refractivity contribution is 5.94. The summed E-state index contributed by atoms with van der Waals surface area (Å²) in [6.45, 7) is 8.30. The summed E-state index contributed by atoms with van der Waals surface area (Å²) in [5.74, 6) is -0.251. The lowest BCUT2D eigenvalue weighted by molar-refractivity contribution is -0.0704. The van der Waals surface area contributed by atoms with Crippen LogP contribution in [-0.4, -0.2) is 71.7 Å². The maximum Gasteiger partial charge on any atom is 0.354 e. The number of amides is 1. The van der Waals surface area contributed by atoms with Gasteiger partial charge in [0, 0.05) is 50.5 Å². The van der Waals surface area contributed by atoms with Gasteiger partial charge >= 0.3 is 5.97 Å². The Hall–Kier alpha value is -2.64. The van der Waals surface area contributed by atoms with E-state index in [9.17, 15) is 9.59 Å². The van der Waals surface area contributed by atoms with Gasteiger partial charge in [0.1, 0.15) is 5.69 Å². The van der Waals surface area contributed by atoms with Crippen molar-refractivity contribution in [1.29, 1.82) is 0 Å². The first-order chi connectivity index (χ1) is 15.4. The Morgan fingerprint density at radius 2 is 1.69 bits per heavy atom. The fourth-order valence-electron chi connectivity index (χ4n) is 4.94. The van der Waals surface area contributed by atoms with Crippen molar-refractivity contribution in [1.82, 2.24) is 14.4 Å². The van der Waals surface area contributed by atoms with Crippen LogP contribution in [-0.2, 0) is 16.0 Å². The zero-order valence-electron chi connectivity index (χ0n) is 19.2. The molecule has 0 radical (unpaired) electrons. The largest absolute Gasteiger partial charge is 0.464 e. The molecule has 2 unspecified atom stereocenters. The highest BCUT2D eigenvalue weighted by atomic mass is 16.5. The second kappa shape index (κ2) is 9.88. The molecule has 2 aromatic rings. The first-order valence-corrected chi connectivity index (χ1v) is 11.5. The van der Waals surface area contributed by atoms with E-state index in [1.165, 1.54) is 12.7 Å². The number of hydrogen-bond donors (Lipinski definition) is 0. The molecule has 0 aliphatic carbocycles. The molecule has 3 heterocycles. The topological polar surface area (TPSA) is 64.0 Å². The van der Waals surface area contributed by atoms with E-state index in [4.69, 9.17) is 9.47 Å². The SMILES string of the molecule is COC(=O)c1cccn1C1CCN(C(=O)c2ccc(CN3CC(C)OC(C)C3)cc2)CC1. The van der Waals surface area contributed by atoms with E-state index in [0.29, 0.717) is 18.8 Å². The first-order valence-electron chi connectivity index (χ1n) is 11.5. The normalized spacial score (nSPS) is 22.7. The molecule has 0 spiro atoms. The Kier molecular flexibility index (Phi) is 6.96. The minimum atomic E-state index is -0.324. The molecule has 0 saturated carbocycles. The van der Waals surface area contributed by atoms with Gasteiger partial charge in [-0.15, -0.1) is 0 Å². The summed E-state index contributed by atoms with van der Waals surface area (Å²) in [6.07, 6.45) is 4.05. The lowest BCUT2D eigenvalue weighted by atomic mass is 10.0. The van der Waals surface area contributed by atoms with E-state index in [1.807, 2.05) is 33.9 Å². The highest BCUT2D eigenvalue weighted by Crippen LogP contribution is 2.26. The number of esters is 1. The first kappa shape index (κ1) is 22.6. The summed E-state index contributed by atoms with van der Waals surface area (Å²) in [6, 6.07) is 11.9. The molecule has 1 amide bonds. The van der Waals surface area contributed by atoms with E-state index < -0.39 is 0 Å². The fourth-order valence-corrected chi connectivity index (χ4v) is 4.94. The predicted octanol–water partition coefficient (Wildman–Crippen LogP) is 3.36. The third-order valence-corrected chi connectivity index (χ3v) is 6.42. The number of carbonyl (C=O) groups excluding carboxylic acids is 2. The number of carbonyl (C=O) groups is 2. The zero-order chi connectivity index (χ0) is 22.7.